The van der Waals surface area contributed by atoms with Gasteiger partial charge in [0.2, 0.25) is 10.0 Å². The second-order valence-electron chi connectivity index (χ2n) is 5.26. The number of alkyl halides is 3. The Labute approximate surface area is 136 Å². The van der Waals surface area contributed by atoms with Gasteiger partial charge in [-0.15, -0.1) is 0 Å². The van der Waals surface area contributed by atoms with Crippen molar-refractivity contribution in [2.75, 3.05) is 0 Å². The highest BCUT2D eigenvalue weighted by atomic mass is 35.5. The van der Waals surface area contributed by atoms with Gasteiger partial charge in [-0.2, -0.15) is 17.9 Å². The van der Waals surface area contributed by atoms with Crippen molar-refractivity contribution in [3.05, 3.63) is 28.8 Å². The number of hydrogen-bond donors (Lipinski definition) is 2. The van der Waals surface area contributed by atoms with Crippen LogP contribution in [0.2, 0.25) is 5.02 Å². The lowest BCUT2D eigenvalue weighted by molar-refractivity contribution is -0.140. The number of carbonyl (C=O) groups is 1. The number of benzene rings is 1. The fraction of sp³-hybridized carbons (Fsp3) is 0.462. The molecule has 130 valence electrons. The Morgan fingerprint density at radius 1 is 1.35 bits per heavy atom. The monoisotopic (exact) mass is 373 g/mol. The third-order valence-electron chi connectivity index (χ3n) is 2.84. The SMILES string of the molecule is CC(C)C[C@H](NS(=O)(=O)c1c(Cl)cccc1C(F)(F)F)C(=O)O. The molecule has 0 heterocycles. The Bertz CT molecular complexity index is 689. The van der Waals surface area contributed by atoms with E-state index in [0.717, 1.165) is 12.1 Å². The second-order valence-corrected chi connectivity index (χ2v) is 7.31. The van der Waals surface area contributed by atoms with E-state index in [2.05, 4.69) is 0 Å². The van der Waals surface area contributed by atoms with Gasteiger partial charge in [-0.3, -0.25) is 4.79 Å². The van der Waals surface area contributed by atoms with Crippen LogP contribution in [-0.4, -0.2) is 25.5 Å². The third-order valence-corrected chi connectivity index (χ3v) is 4.84. The molecule has 10 heteroatoms. The van der Waals surface area contributed by atoms with Crippen LogP contribution >= 0.6 is 11.6 Å². The summed E-state index contributed by atoms with van der Waals surface area (Å²) in [5.41, 5.74) is -1.45. The average molecular weight is 374 g/mol. The van der Waals surface area contributed by atoms with E-state index in [0.29, 0.717) is 6.07 Å². The minimum Gasteiger partial charge on any atom is -0.480 e. The van der Waals surface area contributed by atoms with Crippen molar-refractivity contribution in [3.8, 4) is 0 Å². The molecule has 0 bridgehead atoms. The van der Waals surface area contributed by atoms with E-state index in [1.165, 1.54) is 0 Å². The summed E-state index contributed by atoms with van der Waals surface area (Å²) in [7, 11) is -4.78. The van der Waals surface area contributed by atoms with E-state index >= 15 is 0 Å². The van der Waals surface area contributed by atoms with Gasteiger partial charge >= 0.3 is 12.1 Å². The maximum atomic E-state index is 13.0. The van der Waals surface area contributed by atoms with E-state index in [4.69, 9.17) is 16.7 Å². The van der Waals surface area contributed by atoms with Crippen LogP contribution in [0.25, 0.3) is 0 Å². The molecular formula is C13H15ClF3NO4S. The molecule has 0 saturated heterocycles. The molecule has 0 unspecified atom stereocenters. The van der Waals surface area contributed by atoms with Gasteiger partial charge in [0.1, 0.15) is 10.9 Å². The molecule has 0 aliphatic rings. The van der Waals surface area contributed by atoms with Gasteiger partial charge in [-0.05, 0) is 24.5 Å². The Hall–Kier alpha value is -1.32. The lowest BCUT2D eigenvalue weighted by Crippen LogP contribution is -2.42. The molecular weight excluding hydrogens is 359 g/mol. The molecule has 0 spiro atoms. The average Bonchev–Trinajstić information content (AvgIpc) is 2.35. The molecule has 0 aliphatic carbocycles. The predicted molar refractivity (Wildman–Crippen MR) is 77.7 cm³/mol. The van der Waals surface area contributed by atoms with Crippen LogP contribution in [0.4, 0.5) is 13.2 Å². The number of carboxylic acids is 1. The number of carboxylic acid groups (broad SMARTS) is 1. The zero-order valence-corrected chi connectivity index (χ0v) is 13.8. The Balaban J connectivity index is 3.36. The Morgan fingerprint density at radius 2 is 1.91 bits per heavy atom. The molecule has 0 aromatic heterocycles. The van der Waals surface area contributed by atoms with Gasteiger partial charge in [-0.1, -0.05) is 31.5 Å². The van der Waals surface area contributed by atoms with E-state index in [1.807, 2.05) is 0 Å². The first-order valence-electron chi connectivity index (χ1n) is 6.47. The van der Waals surface area contributed by atoms with Crippen LogP contribution < -0.4 is 4.72 Å². The maximum Gasteiger partial charge on any atom is 0.417 e. The number of aliphatic carboxylic acids is 1. The van der Waals surface area contributed by atoms with Gasteiger partial charge in [-0.25, -0.2) is 8.42 Å². The molecule has 23 heavy (non-hydrogen) atoms. The lowest BCUT2D eigenvalue weighted by atomic mass is 10.1. The van der Waals surface area contributed by atoms with Crippen LogP contribution in [0.3, 0.4) is 0 Å². The van der Waals surface area contributed by atoms with Crippen molar-refractivity contribution in [1.82, 2.24) is 4.72 Å². The van der Waals surface area contributed by atoms with Crippen molar-refractivity contribution in [2.24, 2.45) is 5.92 Å². The Kier molecular flexibility index (Phi) is 6.06. The fourth-order valence-corrected chi connectivity index (χ4v) is 3.89. The second kappa shape index (κ2) is 7.06. The summed E-state index contributed by atoms with van der Waals surface area (Å²) in [5.74, 6) is -1.67. The van der Waals surface area contributed by atoms with E-state index < -0.39 is 43.7 Å². The van der Waals surface area contributed by atoms with E-state index in [1.54, 1.807) is 18.6 Å². The summed E-state index contributed by atoms with van der Waals surface area (Å²) in [6.07, 6.45) is -5.04. The first kappa shape index (κ1) is 19.7. The first-order chi connectivity index (χ1) is 10.4. The zero-order valence-electron chi connectivity index (χ0n) is 12.2. The summed E-state index contributed by atoms with van der Waals surface area (Å²) in [5, 5.41) is 8.41. The molecule has 0 saturated carbocycles. The number of halogens is 4. The van der Waals surface area contributed by atoms with Crippen LogP contribution in [0.1, 0.15) is 25.8 Å². The highest BCUT2D eigenvalue weighted by molar-refractivity contribution is 7.89. The summed E-state index contributed by atoms with van der Waals surface area (Å²) >= 11 is 5.62. The third kappa shape index (κ3) is 5.08. The van der Waals surface area contributed by atoms with Gasteiger partial charge < -0.3 is 5.11 Å². The molecule has 0 aliphatic heterocycles. The van der Waals surface area contributed by atoms with Crippen LogP contribution in [0, 0.1) is 5.92 Å². The molecule has 2 N–H and O–H groups in total. The van der Waals surface area contributed by atoms with E-state index in [-0.39, 0.29) is 12.3 Å². The standard InChI is InChI=1S/C13H15ClF3NO4S/c1-7(2)6-10(12(19)20)18-23(21,22)11-8(13(15,16)17)4-3-5-9(11)14/h3-5,7,10,18H,6H2,1-2H3,(H,19,20)/t10-/m0/s1. The molecule has 5 nitrogen and oxygen atoms in total. The predicted octanol–water partition coefficient (Wildman–Crippen LogP) is 3.14. The highest BCUT2D eigenvalue weighted by Crippen LogP contribution is 2.37. The maximum absolute atomic E-state index is 13.0. The van der Waals surface area contributed by atoms with Crippen LogP contribution in [-0.2, 0) is 21.0 Å². The minimum atomic E-state index is -4.95. The molecule has 0 radical (unpaired) electrons. The van der Waals surface area contributed by atoms with Crippen molar-refractivity contribution < 1.29 is 31.5 Å². The van der Waals surface area contributed by atoms with Gasteiger partial charge in [0.25, 0.3) is 0 Å². The van der Waals surface area contributed by atoms with Crippen molar-refractivity contribution in [3.63, 3.8) is 0 Å². The number of sulfonamides is 1. The normalized spacial score (nSPS) is 14.0. The summed E-state index contributed by atoms with van der Waals surface area (Å²) in [6.45, 7) is 3.31. The first-order valence-corrected chi connectivity index (χ1v) is 8.33. The van der Waals surface area contributed by atoms with Crippen LogP contribution in [0.5, 0.6) is 0 Å². The quantitative estimate of drug-likeness (QED) is 0.802. The molecule has 1 atom stereocenters. The minimum absolute atomic E-state index is 0.0830. The lowest BCUT2D eigenvalue weighted by Gasteiger charge is -2.19. The van der Waals surface area contributed by atoms with Gasteiger partial charge in [0, 0.05) is 0 Å². The van der Waals surface area contributed by atoms with Gasteiger partial charge in [0.05, 0.1) is 10.6 Å². The number of nitrogens with one attached hydrogen (secondary N) is 1. The van der Waals surface area contributed by atoms with Gasteiger partial charge in [0.15, 0.2) is 0 Å². The zero-order chi connectivity index (χ0) is 18.0. The van der Waals surface area contributed by atoms with Crippen molar-refractivity contribution >= 4 is 27.6 Å². The van der Waals surface area contributed by atoms with Crippen molar-refractivity contribution in [1.29, 1.82) is 0 Å². The van der Waals surface area contributed by atoms with Crippen LogP contribution in [0.15, 0.2) is 23.1 Å². The smallest absolute Gasteiger partial charge is 0.417 e. The number of hydrogen-bond acceptors (Lipinski definition) is 3. The summed E-state index contributed by atoms with van der Waals surface area (Å²) in [4.78, 5) is 9.95. The highest BCUT2D eigenvalue weighted by Gasteiger charge is 2.39. The molecule has 1 aromatic carbocycles. The molecule has 1 aromatic rings. The van der Waals surface area contributed by atoms with E-state index in [9.17, 15) is 26.4 Å². The number of rotatable bonds is 6. The summed E-state index contributed by atoms with van der Waals surface area (Å²) < 4.78 is 65.3. The molecule has 1 rings (SSSR count). The topological polar surface area (TPSA) is 83.5 Å². The Morgan fingerprint density at radius 3 is 2.35 bits per heavy atom. The summed E-state index contributed by atoms with van der Waals surface area (Å²) in [6, 6.07) is 0.965. The fourth-order valence-electron chi connectivity index (χ4n) is 1.92. The van der Waals surface area contributed by atoms with Crippen molar-refractivity contribution in [2.45, 2.75) is 37.4 Å². The molecule has 0 fully saturated rings. The largest absolute Gasteiger partial charge is 0.480 e. The molecule has 0 amide bonds.